The minimum atomic E-state index is -1.05. The first kappa shape index (κ1) is 15.5. The van der Waals surface area contributed by atoms with Gasteiger partial charge >= 0.3 is 11.9 Å². The maximum Gasteiger partial charge on any atom is 0.361 e. The molecule has 2 aromatic rings. The quantitative estimate of drug-likeness (QED) is 0.777. The normalized spacial score (nSPS) is 11.7. The number of carboxylic acids is 1. The zero-order valence-electron chi connectivity index (χ0n) is 12.1. The lowest BCUT2D eigenvalue weighted by atomic mass is 10.1. The first-order chi connectivity index (χ1) is 10.5. The van der Waals surface area contributed by atoms with E-state index in [0.717, 1.165) is 0 Å². The largest absolute Gasteiger partial charge is 0.479 e. The third-order valence-corrected chi connectivity index (χ3v) is 2.81. The van der Waals surface area contributed by atoms with E-state index < -0.39 is 18.0 Å². The van der Waals surface area contributed by atoms with Gasteiger partial charge in [0.15, 0.2) is 11.8 Å². The number of aromatic nitrogens is 3. The number of carbonyl (C=O) groups excluding carboxylic acids is 1. The van der Waals surface area contributed by atoms with Crippen molar-refractivity contribution in [3.05, 3.63) is 30.0 Å². The molecule has 1 aromatic carbocycles. The highest BCUT2D eigenvalue weighted by molar-refractivity contribution is 5.93. The number of rotatable bonds is 6. The van der Waals surface area contributed by atoms with Crippen LogP contribution in [0.25, 0.3) is 11.3 Å². The molecule has 1 heterocycles. The maximum absolute atomic E-state index is 11.8. The van der Waals surface area contributed by atoms with Gasteiger partial charge in [0, 0.05) is 5.56 Å². The predicted octanol–water partition coefficient (Wildman–Crippen LogP) is 1.50. The number of ether oxygens (including phenoxy) is 2. The van der Waals surface area contributed by atoms with Gasteiger partial charge in [-0.05, 0) is 38.1 Å². The van der Waals surface area contributed by atoms with Crippen molar-refractivity contribution < 1.29 is 24.2 Å². The molecular weight excluding hydrogens is 290 g/mol. The van der Waals surface area contributed by atoms with Crippen molar-refractivity contribution in [1.82, 2.24) is 15.4 Å². The summed E-state index contributed by atoms with van der Waals surface area (Å²) in [6, 6.07) is 6.51. The van der Waals surface area contributed by atoms with Gasteiger partial charge in [-0.15, -0.1) is 5.10 Å². The molecule has 0 saturated carbocycles. The minimum absolute atomic E-state index is 0.0921. The fraction of sp³-hybridized carbons (Fsp3) is 0.286. The number of carbonyl (C=O) groups is 2. The second-order valence-electron chi connectivity index (χ2n) is 4.36. The molecule has 116 valence electrons. The van der Waals surface area contributed by atoms with Gasteiger partial charge in [-0.2, -0.15) is 10.3 Å². The average Bonchev–Trinajstić information content (AvgIpc) is 2.97. The van der Waals surface area contributed by atoms with E-state index in [0.29, 0.717) is 17.0 Å². The van der Waals surface area contributed by atoms with Crippen LogP contribution in [0.3, 0.4) is 0 Å². The number of hydrogen-bond acceptors (Lipinski definition) is 6. The first-order valence-electron chi connectivity index (χ1n) is 6.60. The van der Waals surface area contributed by atoms with Gasteiger partial charge in [0.2, 0.25) is 0 Å². The topological polar surface area (TPSA) is 114 Å². The van der Waals surface area contributed by atoms with Crippen LogP contribution < -0.4 is 4.74 Å². The van der Waals surface area contributed by atoms with Crippen molar-refractivity contribution >= 4 is 11.9 Å². The molecule has 0 aliphatic rings. The fourth-order valence-corrected chi connectivity index (χ4v) is 1.72. The van der Waals surface area contributed by atoms with Gasteiger partial charge in [0.25, 0.3) is 0 Å². The predicted molar refractivity (Wildman–Crippen MR) is 75.5 cm³/mol. The molecule has 1 atom stereocenters. The van der Waals surface area contributed by atoms with Crippen LogP contribution in [0, 0.1) is 0 Å². The van der Waals surface area contributed by atoms with Gasteiger partial charge in [0.05, 0.1) is 6.61 Å². The second kappa shape index (κ2) is 6.70. The van der Waals surface area contributed by atoms with Crippen molar-refractivity contribution in [3.8, 4) is 17.0 Å². The van der Waals surface area contributed by atoms with Crippen molar-refractivity contribution in [3.63, 3.8) is 0 Å². The standard InChI is InChI=1S/C14H15N3O5/c1-3-21-14(20)12-11(15-17-16-12)9-4-6-10(7-5-9)22-8(2)13(18)19/h4-8H,3H2,1-2H3,(H,18,19)(H,15,16,17). The number of esters is 1. The Bertz CT molecular complexity index is 665. The Balaban J connectivity index is 2.19. The van der Waals surface area contributed by atoms with Gasteiger partial charge in [0.1, 0.15) is 11.4 Å². The summed E-state index contributed by atoms with van der Waals surface area (Å²) in [6.07, 6.45) is -0.951. The number of H-pyrrole nitrogens is 1. The summed E-state index contributed by atoms with van der Waals surface area (Å²) in [4.78, 5) is 22.5. The number of aliphatic carboxylic acids is 1. The van der Waals surface area contributed by atoms with Crippen molar-refractivity contribution in [2.75, 3.05) is 6.61 Å². The Kier molecular flexibility index (Phi) is 4.72. The van der Waals surface area contributed by atoms with E-state index >= 15 is 0 Å². The number of benzene rings is 1. The molecule has 0 saturated heterocycles. The Hall–Kier alpha value is -2.90. The maximum atomic E-state index is 11.8. The molecule has 1 unspecified atom stereocenters. The van der Waals surface area contributed by atoms with Gasteiger partial charge < -0.3 is 14.6 Å². The number of carboxylic acid groups (broad SMARTS) is 1. The molecule has 2 rings (SSSR count). The Labute approximate surface area is 126 Å². The van der Waals surface area contributed by atoms with Crippen molar-refractivity contribution in [1.29, 1.82) is 0 Å². The zero-order chi connectivity index (χ0) is 16.1. The van der Waals surface area contributed by atoms with E-state index in [-0.39, 0.29) is 12.3 Å². The molecule has 22 heavy (non-hydrogen) atoms. The minimum Gasteiger partial charge on any atom is -0.479 e. The lowest BCUT2D eigenvalue weighted by Gasteiger charge is -2.10. The van der Waals surface area contributed by atoms with Crippen LogP contribution in [0.1, 0.15) is 24.3 Å². The molecule has 0 aliphatic heterocycles. The molecule has 2 N–H and O–H groups in total. The van der Waals surface area contributed by atoms with E-state index in [1.54, 1.807) is 31.2 Å². The van der Waals surface area contributed by atoms with Crippen molar-refractivity contribution in [2.45, 2.75) is 20.0 Å². The highest BCUT2D eigenvalue weighted by Crippen LogP contribution is 2.23. The number of aromatic amines is 1. The van der Waals surface area contributed by atoms with Crippen LogP contribution in [0.2, 0.25) is 0 Å². The Morgan fingerprint density at radius 3 is 2.55 bits per heavy atom. The summed E-state index contributed by atoms with van der Waals surface area (Å²) < 4.78 is 10.1. The molecule has 0 spiro atoms. The molecule has 0 fully saturated rings. The van der Waals surface area contributed by atoms with Crippen LogP contribution in [0.15, 0.2) is 24.3 Å². The molecule has 0 radical (unpaired) electrons. The SMILES string of the molecule is CCOC(=O)c1n[nH]nc1-c1ccc(OC(C)C(=O)O)cc1. The third kappa shape index (κ3) is 3.40. The van der Waals surface area contributed by atoms with Gasteiger partial charge in [-0.25, -0.2) is 9.59 Å². The molecular formula is C14H15N3O5. The Morgan fingerprint density at radius 1 is 1.27 bits per heavy atom. The summed E-state index contributed by atoms with van der Waals surface area (Å²) in [5.74, 6) is -1.21. The van der Waals surface area contributed by atoms with Crippen LogP contribution in [0.4, 0.5) is 0 Å². The lowest BCUT2D eigenvalue weighted by Crippen LogP contribution is -2.22. The van der Waals surface area contributed by atoms with Crippen molar-refractivity contribution in [2.24, 2.45) is 0 Å². The molecule has 0 amide bonds. The highest BCUT2D eigenvalue weighted by Gasteiger charge is 2.19. The van der Waals surface area contributed by atoms with Crippen LogP contribution in [-0.4, -0.2) is 45.2 Å². The summed E-state index contributed by atoms with van der Waals surface area (Å²) in [7, 11) is 0. The smallest absolute Gasteiger partial charge is 0.361 e. The van der Waals surface area contributed by atoms with E-state index in [4.69, 9.17) is 14.6 Å². The summed E-state index contributed by atoms with van der Waals surface area (Å²) in [6.45, 7) is 3.38. The molecule has 0 bridgehead atoms. The summed E-state index contributed by atoms with van der Waals surface area (Å²) in [5, 5.41) is 18.9. The number of hydrogen-bond donors (Lipinski definition) is 2. The van der Waals surface area contributed by atoms with E-state index in [2.05, 4.69) is 15.4 Å². The van der Waals surface area contributed by atoms with E-state index in [1.165, 1.54) is 6.92 Å². The fourth-order valence-electron chi connectivity index (χ4n) is 1.72. The molecule has 0 aliphatic carbocycles. The summed E-state index contributed by atoms with van der Waals surface area (Å²) in [5.41, 5.74) is 1.08. The molecule has 8 heteroatoms. The van der Waals surface area contributed by atoms with Gasteiger partial charge in [-0.1, -0.05) is 0 Å². The zero-order valence-corrected chi connectivity index (χ0v) is 12.1. The number of nitrogens with one attached hydrogen (secondary N) is 1. The van der Waals surface area contributed by atoms with E-state index in [9.17, 15) is 9.59 Å². The lowest BCUT2D eigenvalue weighted by molar-refractivity contribution is -0.144. The highest BCUT2D eigenvalue weighted by atomic mass is 16.5. The van der Waals surface area contributed by atoms with E-state index in [1.807, 2.05) is 0 Å². The van der Waals surface area contributed by atoms with Crippen LogP contribution >= 0.6 is 0 Å². The monoisotopic (exact) mass is 305 g/mol. The van der Waals surface area contributed by atoms with Crippen LogP contribution in [-0.2, 0) is 9.53 Å². The Morgan fingerprint density at radius 2 is 1.95 bits per heavy atom. The summed E-state index contributed by atoms with van der Waals surface area (Å²) >= 11 is 0. The van der Waals surface area contributed by atoms with Gasteiger partial charge in [-0.3, -0.25) is 0 Å². The second-order valence-corrected chi connectivity index (χ2v) is 4.36. The number of nitrogens with zero attached hydrogens (tertiary/aromatic N) is 2. The molecule has 8 nitrogen and oxygen atoms in total. The molecule has 1 aromatic heterocycles. The first-order valence-corrected chi connectivity index (χ1v) is 6.60. The average molecular weight is 305 g/mol. The third-order valence-electron chi connectivity index (χ3n) is 2.81. The van der Waals surface area contributed by atoms with Crippen LogP contribution in [0.5, 0.6) is 5.75 Å².